The lowest BCUT2D eigenvalue weighted by atomic mass is 10.3. The molecule has 100 valence electrons. The van der Waals surface area contributed by atoms with Gasteiger partial charge < -0.3 is 9.84 Å². The zero-order valence-corrected chi connectivity index (χ0v) is 10.7. The first-order chi connectivity index (χ1) is 9.22. The fourth-order valence-corrected chi connectivity index (χ4v) is 1.65. The van der Waals surface area contributed by atoms with Crippen LogP contribution >= 0.6 is 0 Å². The molecular formula is C14H16N2O3. The zero-order chi connectivity index (χ0) is 13.7. The number of benzene rings is 1. The third-order valence-electron chi connectivity index (χ3n) is 2.66. The van der Waals surface area contributed by atoms with Crippen LogP contribution in [0.4, 0.5) is 0 Å². The second kappa shape index (κ2) is 6.04. The van der Waals surface area contributed by atoms with Gasteiger partial charge in [0.05, 0.1) is 18.5 Å². The van der Waals surface area contributed by atoms with E-state index in [2.05, 4.69) is 12.0 Å². The normalized spacial score (nSPS) is 10.4. The molecule has 1 aromatic carbocycles. The first-order valence-corrected chi connectivity index (χ1v) is 6.23. The second-order valence-corrected chi connectivity index (χ2v) is 4.13. The molecule has 0 atom stereocenters. The van der Waals surface area contributed by atoms with E-state index in [1.54, 1.807) is 6.20 Å². The standard InChI is InChI=1S/C14H16N2O3/c1-2-3-9-19-12-10-16(15-13(12)14(17)18)11-7-5-4-6-8-11/h4-8,10H,2-3,9H2,1H3,(H,17,18). The van der Waals surface area contributed by atoms with Crippen LogP contribution in [-0.2, 0) is 0 Å². The van der Waals surface area contributed by atoms with Crippen molar-refractivity contribution in [1.29, 1.82) is 0 Å². The Morgan fingerprint density at radius 2 is 2.11 bits per heavy atom. The highest BCUT2D eigenvalue weighted by Crippen LogP contribution is 2.20. The lowest BCUT2D eigenvalue weighted by Gasteiger charge is -2.02. The molecule has 1 heterocycles. The third-order valence-corrected chi connectivity index (χ3v) is 2.66. The van der Waals surface area contributed by atoms with Crippen molar-refractivity contribution < 1.29 is 14.6 Å². The van der Waals surface area contributed by atoms with Crippen LogP contribution in [0.2, 0.25) is 0 Å². The number of para-hydroxylation sites is 1. The lowest BCUT2D eigenvalue weighted by Crippen LogP contribution is -2.04. The van der Waals surface area contributed by atoms with Gasteiger partial charge in [0.1, 0.15) is 0 Å². The first kappa shape index (κ1) is 13.1. The molecule has 0 aliphatic carbocycles. The van der Waals surface area contributed by atoms with E-state index in [4.69, 9.17) is 9.84 Å². The maximum absolute atomic E-state index is 11.1. The number of unbranched alkanes of at least 4 members (excludes halogenated alkanes) is 1. The molecule has 0 radical (unpaired) electrons. The summed E-state index contributed by atoms with van der Waals surface area (Å²) in [7, 11) is 0. The Kier molecular flexibility index (Phi) is 4.18. The van der Waals surface area contributed by atoms with Crippen LogP contribution in [0.3, 0.4) is 0 Å². The third kappa shape index (κ3) is 3.13. The average Bonchev–Trinajstić information content (AvgIpc) is 2.84. The molecule has 0 unspecified atom stereocenters. The van der Waals surface area contributed by atoms with Crippen molar-refractivity contribution in [1.82, 2.24) is 9.78 Å². The lowest BCUT2D eigenvalue weighted by molar-refractivity contribution is 0.0685. The Balaban J connectivity index is 2.27. The second-order valence-electron chi connectivity index (χ2n) is 4.13. The predicted molar refractivity (Wildman–Crippen MR) is 70.9 cm³/mol. The van der Waals surface area contributed by atoms with Crippen molar-refractivity contribution >= 4 is 5.97 Å². The summed E-state index contributed by atoms with van der Waals surface area (Å²) in [6.07, 6.45) is 3.49. The van der Waals surface area contributed by atoms with Crippen LogP contribution in [0.1, 0.15) is 30.3 Å². The average molecular weight is 260 g/mol. The maximum Gasteiger partial charge on any atom is 0.360 e. The summed E-state index contributed by atoms with van der Waals surface area (Å²) in [5.74, 6) is -0.772. The molecule has 0 aliphatic heterocycles. The Bertz CT molecular complexity index is 549. The Morgan fingerprint density at radius 3 is 2.74 bits per heavy atom. The molecule has 0 amide bonds. The van der Waals surface area contributed by atoms with Crippen LogP contribution in [0.25, 0.3) is 5.69 Å². The van der Waals surface area contributed by atoms with Crippen LogP contribution < -0.4 is 4.74 Å². The molecule has 0 saturated heterocycles. The molecule has 5 nitrogen and oxygen atoms in total. The van der Waals surface area contributed by atoms with E-state index in [1.807, 2.05) is 30.3 Å². The highest BCUT2D eigenvalue weighted by molar-refractivity contribution is 5.88. The van der Waals surface area contributed by atoms with Gasteiger partial charge in [0.2, 0.25) is 5.69 Å². The van der Waals surface area contributed by atoms with Crippen LogP contribution in [0.15, 0.2) is 36.5 Å². The quantitative estimate of drug-likeness (QED) is 0.811. The molecule has 0 fully saturated rings. The molecule has 1 aromatic heterocycles. The smallest absolute Gasteiger partial charge is 0.360 e. The number of hydrogen-bond donors (Lipinski definition) is 1. The van der Waals surface area contributed by atoms with Crippen LogP contribution in [0, 0.1) is 0 Å². The number of carboxylic acids is 1. The van der Waals surface area contributed by atoms with Crippen molar-refractivity contribution in [3.8, 4) is 11.4 Å². The van der Waals surface area contributed by atoms with Gasteiger partial charge >= 0.3 is 5.97 Å². The van der Waals surface area contributed by atoms with Crippen molar-refractivity contribution in [2.24, 2.45) is 0 Å². The summed E-state index contributed by atoms with van der Waals surface area (Å²) >= 11 is 0. The summed E-state index contributed by atoms with van der Waals surface area (Å²) in [4.78, 5) is 11.1. The number of aromatic carboxylic acids is 1. The number of carbonyl (C=O) groups is 1. The zero-order valence-electron chi connectivity index (χ0n) is 10.7. The summed E-state index contributed by atoms with van der Waals surface area (Å²) in [6, 6.07) is 9.34. The monoisotopic (exact) mass is 260 g/mol. The topological polar surface area (TPSA) is 64.4 Å². The van der Waals surface area contributed by atoms with Gasteiger partial charge in [-0.25, -0.2) is 9.48 Å². The maximum atomic E-state index is 11.1. The van der Waals surface area contributed by atoms with E-state index < -0.39 is 5.97 Å². The predicted octanol–water partition coefficient (Wildman–Crippen LogP) is 2.75. The highest BCUT2D eigenvalue weighted by Gasteiger charge is 2.17. The number of nitrogens with zero attached hydrogens (tertiary/aromatic N) is 2. The molecular weight excluding hydrogens is 244 g/mol. The van der Waals surface area contributed by atoms with Gasteiger partial charge in [-0.15, -0.1) is 0 Å². The molecule has 2 rings (SSSR count). The first-order valence-electron chi connectivity index (χ1n) is 6.23. The molecule has 5 heteroatoms. The van der Waals surface area contributed by atoms with E-state index in [0.29, 0.717) is 12.4 Å². The largest absolute Gasteiger partial charge is 0.489 e. The summed E-state index contributed by atoms with van der Waals surface area (Å²) in [5, 5.41) is 13.2. The molecule has 0 saturated carbocycles. The molecule has 0 spiro atoms. The minimum absolute atomic E-state index is 0.0556. The minimum Gasteiger partial charge on any atom is -0.489 e. The van der Waals surface area contributed by atoms with Gasteiger partial charge in [0, 0.05) is 0 Å². The number of carboxylic acid groups (broad SMARTS) is 1. The van der Waals surface area contributed by atoms with Crippen molar-refractivity contribution in [2.45, 2.75) is 19.8 Å². The molecule has 19 heavy (non-hydrogen) atoms. The summed E-state index contributed by atoms with van der Waals surface area (Å²) in [6.45, 7) is 2.55. The van der Waals surface area contributed by atoms with E-state index in [1.165, 1.54) is 4.68 Å². The fraction of sp³-hybridized carbons (Fsp3) is 0.286. The summed E-state index contributed by atoms with van der Waals surface area (Å²) < 4.78 is 7.00. The molecule has 2 aromatic rings. The SMILES string of the molecule is CCCCOc1cn(-c2ccccc2)nc1C(=O)O. The van der Waals surface area contributed by atoms with Gasteiger partial charge in [-0.05, 0) is 18.6 Å². The molecule has 0 aliphatic rings. The number of aromatic nitrogens is 2. The van der Waals surface area contributed by atoms with E-state index in [-0.39, 0.29) is 5.69 Å². The number of hydrogen-bond acceptors (Lipinski definition) is 3. The fourth-order valence-electron chi connectivity index (χ4n) is 1.65. The highest BCUT2D eigenvalue weighted by atomic mass is 16.5. The van der Waals surface area contributed by atoms with Crippen molar-refractivity contribution in [3.63, 3.8) is 0 Å². The van der Waals surface area contributed by atoms with Gasteiger partial charge in [0.15, 0.2) is 5.75 Å². The number of rotatable bonds is 6. The van der Waals surface area contributed by atoms with E-state index in [0.717, 1.165) is 18.5 Å². The molecule has 1 N–H and O–H groups in total. The van der Waals surface area contributed by atoms with E-state index in [9.17, 15) is 4.79 Å². The Labute approximate surface area is 111 Å². The van der Waals surface area contributed by atoms with Crippen LogP contribution in [-0.4, -0.2) is 27.5 Å². The Hall–Kier alpha value is -2.30. The van der Waals surface area contributed by atoms with Crippen LogP contribution in [0.5, 0.6) is 5.75 Å². The van der Waals surface area contributed by atoms with Gasteiger partial charge in [-0.2, -0.15) is 5.10 Å². The van der Waals surface area contributed by atoms with Gasteiger partial charge in [-0.1, -0.05) is 31.5 Å². The van der Waals surface area contributed by atoms with Gasteiger partial charge in [0.25, 0.3) is 0 Å². The Morgan fingerprint density at radius 1 is 1.37 bits per heavy atom. The van der Waals surface area contributed by atoms with Crippen molar-refractivity contribution in [2.75, 3.05) is 6.61 Å². The van der Waals surface area contributed by atoms with Crippen molar-refractivity contribution in [3.05, 3.63) is 42.2 Å². The number of ether oxygens (including phenoxy) is 1. The van der Waals surface area contributed by atoms with E-state index >= 15 is 0 Å². The summed E-state index contributed by atoms with van der Waals surface area (Å²) in [5.41, 5.74) is 0.746. The van der Waals surface area contributed by atoms with Gasteiger partial charge in [-0.3, -0.25) is 0 Å². The minimum atomic E-state index is -1.08. The molecule has 0 bridgehead atoms.